The van der Waals surface area contributed by atoms with Crippen LogP contribution in [0.2, 0.25) is 0 Å². The van der Waals surface area contributed by atoms with Crippen LogP contribution in [-0.2, 0) is 9.53 Å². The fourth-order valence-electron chi connectivity index (χ4n) is 5.09. The quantitative estimate of drug-likeness (QED) is 0.211. The number of hydrogen-bond donors (Lipinski definition) is 0. The molecule has 0 bridgehead atoms. The molecule has 2 aromatic heterocycles. The molecule has 2 aromatic carbocycles. The number of esters is 1. The Morgan fingerprint density at radius 1 is 1.10 bits per heavy atom. The van der Waals surface area contributed by atoms with Crippen LogP contribution in [0.25, 0.3) is 11.8 Å². The first-order valence-electron chi connectivity index (χ1n) is 12.9. The fourth-order valence-corrected chi connectivity index (χ4v) is 6.62. The third-order valence-electron chi connectivity index (χ3n) is 7.12. The maximum atomic E-state index is 14.0. The number of nitrogens with zero attached hydrogens (tertiary/aromatic N) is 3. The maximum Gasteiger partial charge on any atom is 0.338 e. The van der Waals surface area contributed by atoms with Crippen LogP contribution in [0.1, 0.15) is 48.0 Å². The summed E-state index contributed by atoms with van der Waals surface area (Å²) in [6.07, 6.45) is 1.93. The summed E-state index contributed by atoms with van der Waals surface area (Å²) in [7, 11) is 1.60. The minimum Gasteiger partial charge on any atom is -0.497 e. The molecule has 9 heteroatoms. The number of aromatic nitrogens is 2. The molecule has 1 aliphatic rings. The molecule has 0 unspecified atom stereocenters. The third kappa shape index (κ3) is 4.96. The molecule has 0 radical (unpaired) electrons. The lowest BCUT2D eigenvalue weighted by Gasteiger charge is -2.24. The molecular weight excluding hydrogens is 637 g/mol. The molecule has 40 heavy (non-hydrogen) atoms. The van der Waals surface area contributed by atoms with E-state index in [9.17, 15) is 9.59 Å². The van der Waals surface area contributed by atoms with E-state index >= 15 is 0 Å². The monoisotopic (exact) mass is 667 g/mol. The van der Waals surface area contributed by atoms with E-state index in [1.165, 1.54) is 20.5 Å². The number of allylic oxidation sites excluding steroid dienone is 1. The van der Waals surface area contributed by atoms with Crippen LogP contribution in [0.4, 0.5) is 0 Å². The summed E-state index contributed by atoms with van der Waals surface area (Å²) in [5, 5.41) is 0. The highest BCUT2D eigenvalue weighted by atomic mass is 127. The average Bonchev–Trinajstić information content (AvgIpc) is 3.38. The lowest BCUT2D eigenvalue weighted by molar-refractivity contribution is -0.139. The van der Waals surface area contributed by atoms with Crippen molar-refractivity contribution in [3.63, 3.8) is 0 Å². The first-order chi connectivity index (χ1) is 19.1. The highest BCUT2D eigenvalue weighted by molar-refractivity contribution is 14.1. The van der Waals surface area contributed by atoms with Crippen LogP contribution in [0.3, 0.4) is 0 Å². The molecule has 0 saturated carbocycles. The summed E-state index contributed by atoms with van der Waals surface area (Å²) in [6, 6.07) is 15.2. The maximum absolute atomic E-state index is 14.0. The smallest absolute Gasteiger partial charge is 0.338 e. The highest BCUT2D eigenvalue weighted by Crippen LogP contribution is 2.32. The van der Waals surface area contributed by atoms with Crippen molar-refractivity contribution in [3.8, 4) is 11.4 Å². The number of benzene rings is 2. The number of fused-ring (bicyclic) bond motifs is 1. The predicted octanol–water partition coefficient (Wildman–Crippen LogP) is 5.13. The van der Waals surface area contributed by atoms with Crippen molar-refractivity contribution in [1.82, 2.24) is 9.13 Å². The topological polar surface area (TPSA) is 74.8 Å². The van der Waals surface area contributed by atoms with Crippen LogP contribution in [0.5, 0.6) is 5.75 Å². The molecule has 0 N–H and O–H groups in total. The highest BCUT2D eigenvalue weighted by Gasteiger charge is 2.33. The Morgan fingerprint density at radius 3 is 2.48 bits per heavy atom. The second-order valence-electron chi connectivity index (χ2n) is 9.67. The predicted molar refractivity (Wildman–Crippen MR) is 166 cm³/mol. The Balaban J connectivity index is 1.68. The van der Waals surface area contributed by atoms with E-state index < -0.39 is 12.0 Å². The number of hydrogen-bond acceptors (Lipinski definition) is 6. The number of carbonyl (C=O) groups is 1. The number of halogens is 1. The Hall–Kier alpha value is -3.44. The SMILES string of the molecule is CCOC(=O)C1=C(C)N=c2s/c(=C/c3cc(C)n(-c4ccc(C)c(I)c4)c3C)c(=O)n2[C@@H]1c1ccc(OC)cc1. The minimum atomic E-state index is -0.662. The van der Waals surface area contributed by atoms with E-state index in [1.54, 1.807) is 25.5 Å². The Morgan fingerprint density at radius 2 is 1.82 bits per heavy atom. The van der Waals surface area contributed by atoms with Crippen LogP contribution in [-0.4, -0.2) is 28.8 Å². The van der Waals surface area contributed by atoms with Crippen molar-refractivity contribution < 1.29 is 14.3 Å². The van der Waals surface area contributed by atoms with Gasteiger partial charge in [0.2, 0.25) is 0 Å². The molecule has 0 aliphatic carbocycles. The molecule has 0 amide bonds. The zero-order valence-corrected chi connectivity index (χ0v) is 26.2. The molecular formula is C31H30IN3O4S. The fraction of sp³-hybridized carbons (Fsp3) is 0.258. The molecule has 1 atom stereocenters. The molecule has 0 saturated heterocycles. The average molecular weight is 668 g/mol. The molecule has 206 valence electrons. The molecule has 0 fully saturated rings. The zero-order valence-electron chi connectivity index (χ0n) is 23.2. The van der Waals surface area contributed by atoms with Gasteiger partial charge in [0.25, 0.3) is 5.56 Å². The second-order valence-corrected chi connectivity index (χ2v) is 11.8. The lowest BCUT2D eigenvalue weighted by Crippen LogP contribution is -2.39. The molecule has 4 aromatic rings. The molecule has 7 nitrogen and oxygen atoms in total. The van der Waals surface area contributed by atoms with Crippen molar-refractivity contribution in [2.24, 2.45) is 4.99 Å². The van der Waals surface area contributed by atoms with Gasteiger partial charge in [-0.2, -0.15) is 0 Å². The summed E-state index contributed by atoms with van der Waals surface area (Å²) in [5.74, 6) is 0.211. The van der Waals surface area contributed by atoms with E-state index in [0.29, 0.717) is 26.4 Å². The van der Waals surface area contributed by atoms with Crippen molar-refractivity contribution in [2.75, 3.05) is 13.7 Å². The molecule has 5 rings (SSSR count). The van der Waals surface area contributed by atoms with Gasteiger partial charge in [-0.25, -0.2) is 9.79 Å². The van der Waals surface area contributed by atoms with E-state index in [-0.39, 0.29) is 12.2 Å². The first kappa shape index (κ1) is 28.1. The van der Waals surface area contributed by atoms with E-state index in [2.05, 4.69) is 77.2 Å². The van der Waals surface area contributed by atoms with Crippen LogP contribution in [0, 0.1) is 24.3 Å². The van der Waals surface area contributed by atoms with Gasteiger partial charge in [-0.15, -0.1) is 0 Å². The molecule has 0 spiro atoms. The van der Waals surface area contributed by atoms with Crippen LogP contribution >= 0.6 is 33.9 Å². The standard InChI is InChI=1S/C31H30IN3O4S/c1-7-39-30(37)27-19(4)33-31-35(28(27)21-9-12-24(38-6)13-10-21)29(36)26(40-31)15-22-14-18(3)34(20(22)5)23-11-8-17(2)25(32)16-23/h8-16,28H,7H2,1-6H3/b26-15+/t28-/m1/s1. The minimum absolute atomic E-state index is 0.200. The summed E-state index contributed by atoms with van der Waals surface area (Å²) in [5.41, 5.74) is 6.87. The lowest BCUT2D eigenvalue weighted by atomic mass is 9.96. The van der Waals surface area contributed by atoms with E-state index in [4.69, 9.17) is 9.47 Å². The Bertz CT molecular complexity index is 1840. The van der Waals surface area contributed by atoms with Gasteiger partial charge in [-0.05, 0) is 110 Å². The van der Waals surface area contributed by atoms with Crippen LogP contribution < -0.4 is 19.6 Å². The Labute approximate surface area is 250 Å². The van der Waals surface area contributed by atoms with Gasteiger partial charge in [-0.1, -0.05) is 29.5 Å². The Kier molecular flexibility index (Phi) is 7.87. The second kappa shape index (κ2) is 11.2. The van der Waals surface area contributed by atoms with Crippen molar-refractivity contribution in [1.29, 1.82) is 0 Å². The molecule has 3 heterocycles. The van der Waals surface area contributed by atoms with Gasteiger partial charge in [-0.3, -0.25) is 9.36 Å². The van der Waals surface area contributed by atoms with Gasteiger partial charge < -0.3 is 14.0 Å². The number of ether oxygens (including phenoxy) is 2. The number of rotatable bonds is 6. The number of aryl methyl sites for hydroxylation is 2. The van der Waals surface area contributed by atoms with Crippen molar-refractivity contribution in [3.05, 3.63) is 111 Å². The summed E-state index contributed by atoms with van der Waals surface area (Å²) in [4.78, 5) is 32.3. The largest absolute Gasteiger partial charge is 0.497 e. The normalized spacial score (nSPS) is 15.2. The summed E-state index contributed by atoms with van der Waals surface area (Å²) >= 11 is 3.68. The number of carbonyl (C=O) groups excluding carboxylic acids is 1. The van der Waals surface area contributed by atoms with Crippen LogP contribution in [0.15, 0.2) is 69.6 Å². The number of thiazole rings is 1. The van der Waals surface area contributed by atoms with Gasteiger partial charge in [0.05, 0.1) is 35.6 Å². The van der Waals surface area contributed by atoms with E-state index in [1.807, 2.05) is 30.3 Å². The summed E-state index contributed by atoms with van der Waals surface area (Å²) < 4.78 is 16.3. The van der Waals surface area contributed by atoms with Gasteiger partial charge in [0.1, 0.15) is 5.75 Å². The van der Waals surface area contributed by atoms with Gasteiger partial charge in [0.15, 0.2) is 4.80 Å². The van der Waals surface area contributed by atoms with Gasteiger partial charge >= 0.3 is 5.97 Å². The van der Waals surface area contributed by atoms with Crippen molar-refractivity contribution >= 4 is 46.0 Å². The zero-order chi connectivity index (χ0) is 28.7. The van der Waals surface area contributed by atoms with Crippen molar-refractivity contribution in [2.45, 2.75) is 40.7 Å². The third-order valence-corrected chi connectivity index (χ3v) is 9.26. The molecule has 1 aliphatic heterocycles. The van der Waals surface area contributed by atoms with E-state index in [0.717, 1.165) is 28.2 Å². The first-order valence-corrected chi connectivity index (χ1v) is 14.8. The summed E-state index contributed by atoms with van der Waals surface area (Å²) in [6.45, 7) is 10.0. The van der Waals surface area contributed by atoms with Gasteiger partial charge in [0, 0.05) is 20.6 Å². The number of methoxy groups -OCH3 is 1.